The minimum Gasteiger partial charge on any atom is -0.369 e. The summed E-state index contributed by atoms with van der Waals surface area (Å²) in [4.78, 5) is 14.2. The number of carbonyl (C=O) groups excluding carboxylic acids is 1. The van der Waals surface area contributed by atoms with E-state index < -0.39 is 5.54 Å². The van der Waals surface area contributed by atoms with E-state index in [9.17, 15) is 4.79 Å². The number of hydrogen-bond acceptors (Lipinski definition) is 2. The molecule has 0 saturated carbocycles. The summed E-state index contributed by atoms with van der Waals surface area (Å²) in [5.74, 6) is 0.0715. The standard InChI is InChI=1S/C13H17ClN2O/c1-8(2)16-10-7-5-6-9(14)11(10)15-13(3,4)12(16)17/h5-8,15H,1-4H3. The third-order valence-corrected chi connectivity index (χ3v) is 3.27. The number of benzene rings is 1. The maximum atomic E-state index is 12.4. The van der Waals surface area contributed by atoms with Gasteiger partial charge in [0.15, 0.2) is 0 Å². The van der Waals surface area contributed by atoms with Crippen LogP contribution in [0.4, 0.5) is 11.4 Å². The number of halogens is 1. The average molecular weight is 253 g/mol. The van der Waals surface area contributed by atoms with Crippen LogP contribution in [0.15, 0.2) is 18.2 Å². The number of nitrogens with zero attached hydrogens (tertiary/aromatic N) is 1. The highest BCUT2D eigenvalue weighted by Gasteiger charge is 2.40. The molecule has 1 aliphatic heterocycles. The Morgan fingerprint density at radius 1 is 1.35 bits per heavy atom. The van der Waals surface area contributed by atoms with Gasteiger partial charge in [-0.25, -0.2) is 0 Å². The first-order chi connectivity index (χ1) is 7.84. The van der Waals surface area contributed by atoms with Gasteiger partial charge in [-0.05, 0) is 39.8 Å². The molecule has 0 fully saturated rings. The molecule has 3 nitrogen and oxygen atoms in total. The number of amides is 1. The molecule has 0 unspecified atom stereocenters. The van der Waals surface area contributed by atoms with E-state index in [1.54, 1.807) is 4.90 Å². The Balaban J connectivity index is 2.63. The second kappa shape index (κ2) is 3.91. The van der Waals surface area contributed by atoms with E-state index >= 15 is 0 Å². The van der Waals surface area contributed by atoms with E-state index in [1.165, 1.54) is 0 Å². The van der Waals surface area contributed by atoms with Crippen molar-refractivity contribution < 1.29 is 4.79 Å². The molecule has 4 heteroatoms. The van der Waals surface area contributed by atoms with Crippen LogP contribution >= 0.6 is 11.6 Å². The van der Waals surface area contributed by atoms with Gasteiger partial charge in [-0.2, -0.15) is 0 Å². The SMILES string of the molecule is CC(C)N1C(=O)C(C)(C)Nc2c(Cl)cccc21. The molecule has 0 saturated heterocycles. The Labute approximate surface area is 107 Å². The quantitative estimate of drug-likeness (QED) is 0.832. The highest BCUT2D eigenvalue weighted by molar-refractivity contribution is 6.34. The second-order valence-electron chi connectivity index (χ2n) is 5.15. The number of fused-ring (bicyclic) bond motifs is 1. The summed E-state index contributed by atoms with van der Waals surface area (Å²) < 4.78 is 0. The van der Waals surface area contributed by atoms with Crippen molar-refractivity contribution in [3.63, 3.8) is 0 Å². The van der Waals surface area contributed by atoms with Gasteiger partial charge in [0, 0.05) is 6.04 Å². The lowest BCUT2D eigenvalue weighted by Gasteiger charge is -2.42. The number of rotatable bonds is 1. The van der Waals surface area contributed by atoms with Crippen molar-refractivity contribution in [2.24, 2.45) is 0 Å². The van der Waals surface area contributed by atoms with Crippen molar-refractivity contribution in [2.45, 2.75) is 39.3 Å². The normalized spacial score (nSPS) is 18.0. The molecule has 0 aromatic heterocycles. The molecule has 1 heterocycles. The van der Waals surface area contributed by atoms with Crippen LogP contribution in [-0.4, -0.2) is 17.5 Å². The van der Waals surface area contributed by atoms with Gasteiger partial charge in [0.1, 0.15) is 5.54 Å². The van der Waals surface area contributed by atoms with Crippen LogP contribution < -0.4 is 10.2 Å². The number of anilines is 2. The third kappa shape index (κ3) is 1.89. The fourth-order valence-electron chi connectivity index (χ4n) is 2.13. The monoisotopic (exact) mass is 252 g/mol. The zero-order valence-electron chi connectivity index (χ0n) is 10.5. The largest absolute Gasteiger partial charge is 0.369 e. The van der Waals surface area contributed by atoms with Crippen molar-refractivity contribution in [3.05, 3.63) is 23.2 Å². The van der Waals surface area contributed by atoms with Gasteiger partial charge in [-0.1, -0.05) is 17.7 Å². The first kappa shape index (κ1) is 12.2. The van der Waals surface area contributed by atoms with Crippen LogP contribution in [0.2, 0.25) is 5.02 Å². The number of hydrogen-bond donors (Lipinski definition) is 1. The van der Waals surface area contributed by atoms with Crippen LogP contribution in [0.1, 0.15) is 27.7 Å². The molecule has 0 spiro atoms. The van der Waals surface area contributed by atoms with Crippen LogP contribution in [0, 0.1) is 0 Å². The lowest BCUT2D eigenvalue weighted by atomic mass is 9.97. The molecule has 1 aromatic carbocycles. The van der Waals surface area contributed by atoms with Crippen molar-refractivity contribution in [3.8, 4) is 0 Å². The molecular formula is C13H17ClN2O. The Morgan fingerprint density at radius 3 is 2.59 bits per heavy atom. The predicted molar refractivity (Wildman–Crippen MR) is 71.8 cm³/mol. The summed E-state index contributed by atoms with van der Waals surface area (Å²) in [5, 5.41) is 3.86. The molecule has 1 amide bonds. The van der Waals surface area contributed by atoms with E-state index in [2.05, 4.69) is 5.32 Å². The number of nitrogens with one attached hydrogen (secondary N) is 1. The molecule has 0 aliphatic carbocycles. The zero-order chi connectivity index (χ0) is 12.8. The van der Waals surface area contributed by atoms with Crippen molar-refractivity contribution in [2.75, 3.05) is 10.2 Å². The summed E-state index contributed by atoms with van der Waals surface area (Å²) in [5.41, 5.74) is 1.08. The molecule has 0 atom stereocenters. The number of carbonyl (C=O) groups is 1. The lowest BCUT2D eigenvalue weighted by molar-refractivity contribution is -0.122. The third-order valence-electron chi connectivity index (χ3n) is 2.96. The van der Waals surface area contributed by atoms with Gasteiger partial charge in [0.25, 0.3) is 5.91 Å². The van der Waals surface area contributed by atoms with Gasteiger partial charge in [-0.15, -0.1) is 0 Å². The van der Waals surface area contributed by atoms with Crippen LogP contribution in [0.25, 0.3) is 0 Å². The van der Waals surface area contributed by atoms with Gasteiger partial charge in [-0.3, -0.25) is 4.79 Å². The van der Waals surface area contributed by atoms with Gasteiger partial charge in [0.2, 0.25) is 0 Å². The Bertz CT molecular complexity index is 468. The van der Waals surface area contributed by atoms with Crippen LogP contribution in [0.3, 0.4) is 0 Å². The van der Waals surface area contributed by atoms with Crippen LogP contribution in [0.5, 0.6) is 0 Å². The minimum absolute atomic E-state index is 0.0715. The van der Waals surface area contributed by atoms with E-state index in [1.807, 2.05) is 45.9 Å². The molecular weight excluding hydrogens is 236 g/mol. The Morgan fingerprint density at radius 2 is 2.00 bits per heavy atom. The summed E-state index contributed by atoms with van der Waals surface area (Å²) in [6, 6.07) is 5.73. The van der Waals surface area contributed by atoms with Crippen molar-refractivity contribution in [1.82, 2.24) is 0 Å². The van der Waals surface area contributed by atoms with Gasteiger partial charge >= 0.3 is 0 Å². The van der Waals surface area contributed by atoms with Crippen molar-refractivity contribution in [1.29, 1.82) is 0 Å². The summed E-state index contributed by atoms with van der Waals surface area (Å²) in [6.45, 7) is 7.75. The highest BCUT2D eigenvalue weighted by Crippen LogP contribution is 2.40. The first-order valence-electron chi connectivity index (χ1n) is 5.75. The Kier molecular flexibility index (Phi) is 2.82. The molecule has 1 N–H and O–H groups in total. The number of para-hydroxylation sites is 1. The zero-order valence-corrected chi connectivity index (χ0v) is 11.3. The average Bonchev–Trinajstić information content (AvgIpc) is 2.21. The molecule has 0 bridgehead atoms. The van der Waals surface area contributed by atoms with Gasteiger partial charge < -0.3 is 10.2 Å². The maximum absolute atomic E-state index is 12.4. The maximum Gasteiger partial charge on any atom is 0.252 e. The van der Waals surface area contributed by atoms with E-state index in [0.29, 0.717) is 5.02 Å². The molecule has 17 heavy (non-hydrogen) atoms. The van der Waals surface area contributed by atoms with E-state index in [0.717, 1.165) is 11.4 Å². The predicted octanol–water partition coefficient (Wildman–Crippen LogP) is 3.29. The second-order valence-corrected chi connectivity index (χ2v) is 5.56. The molecule has 2 rings (SSSR count). The summed E-state index contributed by atoms with van der Waals surface area (Å²) >= 11 is 6.19. The summed E-state index contributed by atoms with van der Waals surface area (Å²) in [7, 11) is 0. The first-order valence-corrected chi connectivity index (χ1v) is 6.13. The molecule has 0 radical (unpaired) electrons. The highest BCUT2D eigenvalue weighted by atomic mass is 35.5. The molecule has 92 valence electrons. The molecule has 1 aromatic rings. The summed E-state index contributed by atoms with van der Waals surface area (Å²) in [6.07, 6.45) is 0. The van der Waals surface area contributed by atoms with Crippen LogP contribution in [-0.2, 0) is 4.79 Å². The van der Waals surface area contributed by atoms with Gasteiger partial charge in [0.05, 0.1) is 16.4 Å². The minimum atomic E-state index is -0.623. The van der Waals surface area contributed by atoms with E-state index in [4.69, 9.17) is 11.6 Å². The fourth-order valence-corrected chi connectivity index (χ4v) is 2.34. The topological polar surface area (TPSA) is 32.3 Å². The Hall–Kier alpha value is -1.22. The molecule has 1 aliphatic rings. The smallest absolute Gasteiger partial charge is 0.252 e. The fraction of sp³-hybridized carbons (Fsp3) is 0.462. The van der Waals surface area contributed by atoms with E-state index in [-0.39, 0.29) is 11.9 Å². The lowest BCUT2D eigenvalue weighted by Crippen LogP contribution is -2.56. The van der Waals surface area contributed by atoms with Crippen molar-refractivity contribution >= 4 is 28.9 Å².